The topological polar surface area (TPSA) is 6.48 Å². The maximum Gasteiger partial charge on any atom is 0.0670 e. The van der Waals surface area contributed by atoms with Gasteiger partial charge >= 0.3 is 0 Å². The lowest BCUT2D eigenvalue weighted by Gasteiger charge is -2.42. The third-order valence-electron chi connectivity index (χ3n) is 3.99. The molecule has 2 nitrogen and oxygen atoms in total. The van der Waals surface area contributed by atoms with E-state index in [4.69, 9.17) is 23.2 Å². The van der Waals surface area contributed by atoms with Gasteiger partial charge in [0.1, 0.15) is 0 Å². The van der Waals surface area contributed by atoms with E-state index in [0.717, 1.165) is 25.3 Å². The van der Waals surface area contributed by atoms with Crippen LogP contribution in [-0.4, -0.2) is 31.6 Å². The van der Waals surface area contributed by atoms with Crippen LogP contribution in [0.15, 0.2) is 48.5 Å². The highest BCUT2D eigenvalue weighted by atomic mass is 35.5. The number of anilines is 1. The van der Waals surface area contributed by atoms with E-state index in [9.17, 15) is 0 Å². The third-order valence-corrected chi connectivity index (χ3v) is 4.52. The summed E-state index contributed by atoms with van der Waals surface area (Å²) < 4.78 is 0. The number of nitrogens with zero attached hydrogens (tertiary/aromatic N) is 2. The van der Waals surface area contributed by atoms with Crippen molar-refractivity contribution in [1.29, 1.82) is 0 Å². The molecule has 0 radical (unpaired) electrons. The van der Waals surface area contributed by atoms with Crippen LogP contribution < -0.4 is 4.90 Å². The molecule has 4 heteroatoms. The van der Waals surface area contributed by atoms with Crippen molar-refractivity contribution in [3.05, 3.63) is 64.1 Å². The minimum absolute atomic E-state index is 0.309. The largest absolute Gasteiger partial charge is 0.361 e. The molecule has 1 heterocycles. The van der Waals surface area contributed by atoms with E-state index in [2.05, 4.69) is 47.2 Å². The van der Waals surface area contributed by atoms with Gasteiger partial charge in [-0.2, -0.15) is 0 Å². The Morgan fingerprint density at radius 3 is 2.48 bits per heavy atom. The summed E-state index contributed by atoms with van der Waals surface area (Å²) in [4.78, 5) is 4.74. The molecule has 1 fully saturated rings. The van der Waals surface area contributed by atoms with Crippen LogP contribution in [0.1, 0.15) is 11.6 Å². The van der Waals surface area contributed by atoms with Crippen LogP contribution in [-0.2, 0) is 0 Å². The van der Waals surface area contributed by atoms with E-state index >= 15 is 0 Å². The van der Waals surface area contributed by atoms with Crippen molar-refractivity contribution in [3.8, 4) is 0 Å². The van der Waals surface area contributed by atoms with E-state index in [1.54, 1.807) is 0 Å². The third kappa shape index (κ3) is 3.18. The number of likely N-dealkylation sites (N-methyl/N-ethyl adjacent to an activating group) is 1. The molecule has 0 aromatic heterocycles. The van der Waals surface area contributed by atoms with E-state index in [0.29, 0.717) is 16.1 Å². The van der Waals surface area contributed by atoms with Gasteiger partial charge in [-0.25, -0.2) is 0 Å². The van der Waals surface area contributed by atoms with Gasteiger partial charge in [-0.3, -0.25) is 0 Å². The summed E-state index contributed by atoms with van der Waals surface area (Å²) in [6, 6.07) is 16.6. The average molecular weight is 321 g/mol. The molecule has 2 aromatic rings. The van der Waals surface area contributed by atoms with Gasteiger partial charge in [-0.15, -0.1) is 0 Å². The molecule has 1 atom stereocenters. The lowest BCUT2D eigenvalue weighted by atomic mass is 10.0. The fraction of sp³-hybridized carbons (Fsp3) is 0.294. The van der Waals surface area contributed by atoms with Crippen LogP contribution in [0.25, 0.3) is 0 Å². The Hall–Kier alpha value is -1.22. The molecule has 1 aliphatic rings. The van der Waals surface area contributed by atoms with Crippen LogP contribution >= 0.6 is 23.2 Å². The predicted octanol–water partition coefficient (Wildman–Crippen LogP) is 4.49. The Morgan fingerprint density at radius 1 is 1.00 bits per heavy atom. The molecule has 110 valence electrons. The molecule has 1 aliphatic heterocycles. The second-order valence-electron chi connectivity index (χ2n) is 5.48. The SMILES string of the molecule is CN1CCN(c2ccc(Cl)cc2Cl)C(c2ccccc2)C1. The first-order valence-corrected chi connectivity index (χ1v) is 7.86. The van der Waals surface area contributed by atoms with E-state index in [1.165, 1.54) is 5.56 Å². The second kappa shape index (κ2) is 6.27. The summed E-state index contributed by atoms with van der Waals surface area (Å²) in [5.74, 6) is 0. The molecule has 0 amide bonds. The highest BCUT2D eigenvalue weighted by Crippen LogP contribution is 2.36. The molecule has 2 aromatic carbocycles. The molecule has 3 rings (SSSR count). The van der Waals surface area contributed by atoms with Gasteiger partial charge in [-0.05, 0) is 30.8 Å². The molecular weight excluding hydrogens is 303 g/mol. The number of piperazine rings is 1. The Balaban J connectivity index is 1.98. The van der Waals surface area contributed by atoms with Gasteiger partial charge in [0.25, 0.3) is 0 Å². The highest BCUT2D eigenvalue weighted by Gasteiger charge is 2.27. The van der Waals surface area contributed by atoms with E-state index in [1.807, 2.05) is 18.2 Å². The monoisotopic (exact) mass is 320 g/mol. The van der Waals surface area contributed by atoms with Gasteiger partial charge in [0.15, 0.2) is 0 Å². The maximum absolute atomic E-state index is 6.41. The molecule has 1 saturated heterocycles. The van der Waals surface area contributed by atoms with Crippen molar-refractivity contribution in [2.45, 2.75) is 6.04 Å². The zero-order chi connectivity index (χ0) is 14.8. The van der Waals surface area contributed by atoms with Crippen LogP contribution in [0.5, 0.6) is 0 Å². The standard InChI is InChI=1S/C17H18Cl2N2/c1-20-9-10-21(16-8-7-14(18)11-15(16)19)17(12-20)13-5-3-2-4-6-13/h2-8,11,17H,9-10,12H2,1H3. The summed E-state index contributed by atoms with van der Waals surface area (Å²) in [6.45, 7) is 2.97. The van der Waals surface area contributed by atoms with Crippen molar-refractivity contribution in [3.63, 3.8) is 0 Å². The fourth-order valence-corrected chi connectivity index (χ4v) is 3.40. The van der Waals surface area contributed by atoms with Crippen LogP contribution in [0, 0.1) is 0 Å². The highest BCUT2D eigenvalue weighted by molar-refractivity contribution is 6.36. The molecule has 0 saturated carbocycles. The number of benzene rings is 2. The zero-order valence-corrected chi connectivity index (χ0v) is 13.5. The van der Waals surface area contributed by atoms with Crippen molar-refractivity contribution in [1.82, 2.24) is 4.90 Å². The summed E-state index contributed by atoms with van der Waals surface area (Å²) >= 11 is 12.4. The van der Waals surface area contributed by atoms with Crippen LogP contribution in [0.4, 0.5) is 5.69 Å². The number of halogens is 2. The zero-order valence-electron chi connectivity index (χ0n) is 12.0. The number of hydrogen-bond donors (Lipinski definition) is 0. The molecule has 0 N–H and O–H groups in total. The maximum atomic E-state index is 6.41. The lowest BCUT2D eigenvalue weighted by molar-refractivity contribution is 0.269. The second-order valence-corrected chi connectivity index (χ2v) is 6.32. The summed E-state index contributed by atoms with van der Waals surface area (Å²) in [6.07, 6.45) is 0. The first kappa shape index (κ1) is 14.7. The molecule has 1 unspecified atom stereocenters. The van der Waals surface area contributed by atoms with Crippen molar-refractivity contribution in [2.24, 2.45) is 0 Å². The Labute approximate surface area is 135 Å². The van der Waals surface area contributed by atoms with Gasteiger partial charge in [0.05, 0.1) is 16.8 Å². The number of rotatable bonds is 2. The molecule has 21 heavy (non-hydrogen) atoms. The van der Waals surface area contributed by atoms with Crippen molar-refractivity contribution in [2.75, 3.05) is 31.6 Å². The van der Waals surface area contributed by atoms with Crippen molar-refractivity contribution >= 4 is 28.9 Å². The van der Waals surface area contributed by atoms with Crippen LogP contribution in [0.2, 0.25) is 10.0 Å². The van der Waals surface area contributed by atoms with Gasteiger partial charge in [-0.1, -0.05) is 53.5 Å². The molecule has 0 spiro atoms. The first-order chi connectivity index (χ1) is 10.1. The van der Waals surface area contributed by atoms with E-state index < -0.39 is 0 Å². The minimum atomic E-state index is 0.309. The van der Waals surface area contributed by atoms with Gasteiger partial charge in [0.2, 0.25) is 0 Å². The minimum Gasteiger partial charge on any atom is -0.361 e. The van der Waals surface area contributed by atoms with Gasteiger partial charge < -0.3 is 9.80 Å². The number of hydrogen-bond acceptors (Lipinski definition) is 2. The fourth-order valence-electron chi connectivity index (χ4n) is 2.88. The lowest BCUT2D eigenvalue weighted by Crippen LogP contribution is -2.47. The first-order valence-electron chi connectivity index (χ1n) is 7.10. The van der Waals surface area contributed by atoms with Crippen LogP contribution in [0.3, 0.4) is 0 Å². The van der Waals surface area contributed by atoms with Gasteiger partial charge in [0, 0.05) is 24.7 Å². The average Bonchev–Trinajstić information content (AvgIpc) is 2.49. The quantitative estimate of drug-likeness (QED) is 0.804. The molecule has 0 aliphatic carbocycles. The summed E-state index contributed by atoms with van der Waals surface area (Å²) in [5, 5.41) is 1.39. The normalized spacial score (nSPS) is 19.8. The Morgan fingerprint density at radius 2 is 1.76 bits per heavy atom. The molecular formula is C17H18Cl2N2. The smallest absolute Gasteiger partial charge is 0.0670 e. The van der Waals surface area contributed by atoms with E-state index in [-0.39, 0.29) is 0 Å². The predicted molar refractivity (Wildman–Crippen MR) is 90.5 cm³/mol. The molecule has 0 bridgehead atoms. The summed E-state index contributed by atoms with van der Waals surface area (Å²) in [7, 11) is 2.16. The summed E-state index contributed by atoms with van der Waals surface area (Å²) in [5.41, 5.74) is 2.37. The van der Waals surface area contributed by atoms with Crippen molar-refractivity contribution < 1.29 is 0 Å². The Bertz CT molecular complexity index is 615. The Kier molecular flexibility index (Phi) is 4.39.